The summed E-state index contributed by atoms with van der Waals surface area (Å²) in [6.07, 6.45) is 0. The van der Waals surface area contributed by atoms with Crippen molar-refractivity contribution in [3.8, 4) is 11.5 Å². The first-order valence-corrected chi connectivity index (χ1v) is 7.25. The van der Waals surface area contributed by atoms with Crippen molar-refractivity contribution in [1.29, 1.82) is 0 Å². The van der Waals surface area contributed by atoms with Crippen LogP contribution in [-0.2, 0) is 4.79 Å². The number of carbonyl (C=O) groups is 1. The first-order valence-electron chi connectivity index (χ1n) is 6.72. The van der Waals surface area contributed by atoms with Crippen molar-refractivity contribution in [3.05, 3.63) is 53.1 Å². The Hall–Kier alpha value is -2.00. The molecule has 4 heteroatoms. The molecule has 2 rings (SSSR count). The van der Waals surface area contributed by atoms with E-state index in [1.807, 2.05) is 32.0 Å². The van der Waals surface area contributed by atoms with Crippen LogP contribution in [0.2, 0.25) is 0 Å². The van der Waals surface area contributed by atoms with E-state index in [-0.39, 0.29) is 11.8 Å². The maximum atomic E-state index is 11.2. The van der Waals surface area contributed by atoms with Crippen LogP contribution in [0.25, 0.3) is 0 Å². The predicted octanol–water partition coefficient (Wildman–Crippen LogP) is 4.58. The van der Waals surface area contributed by atoms with E-state index in [2.05, 4.69) is 18.3 Å². The minimum atomic E-state index is -0.226. The Morgan fingerprint density at radius 1 is 1.05 bits per heavy atom. The van der Waals surface area contributed by atoms with E-state index >= 15 is 0 Å². The summed E-state index contributed by atoms with van der Waals surface area (Å²) in [6.45, 7) is 6.13. The van der Waals surface area contributed by atoms with Crippen LogP contribution in [0.1, 0.15) is 16.7 Å². The average Bonchev–Trinajstić information content (AvgIpc) is 2.49. The monoisotopic (exact) mass is 303 g/mol. The minimum absolute atomic E-state index is 0.0556. The zero-order valence-corrected chi connectivity index (χ0v) is 13.1. The standard InChI is InChI=1S/C17H18ClNO2/c1-11-4-5-12(2)17(13(11)3)21-15-8-6-14(7-9-15)19-16(20)10-18/h4-9H,10H2,1-3H3,(H,19,20). The molecule has 0 aliphatic carbocycles. The largest absolute Gasteiger partial charge is 0.457 e. The van der Waals surface area contributed by atoms with E-state index in [9.17, 15) is 4.79 Å². The van der Waals surface area contributed by atoms with Gasteiger partial charge in [0.25, 0.3) is 0 Å². The number of hydrogen-bond donors (Lipinski definition) is 1. The zero-order valence-electron chi connectivity index (χ0n) is 12.4. The number of carbonyl (C=O) groups excluding carboxylic acids is 1. The Morgan fingerprint density at radius 2 is 1.67 bits per heavy atom. The second-order valence-corrected chi connectivity index (χ2v) is 5.23. The molecule has 0 bridgehead atoms. The highest BCUT2D eigenvalue weighted by Gasteiger charge is 2.08. The predicted molar refractivity (Wildman–Crippen MR) is 86.5 cm³/mol. The summed E-state index contributed by atoms with van der Waals surface area (Å²) in [5.74, 6) is 1.33. The summed E-state index contributed by atoms with van der Waals surface area (Å²) in [6, 6.07) is 11.4. The lowest BCUT2D eigenvalue weighted by atomic mass is 10.1. The molecule has 2 aromatic rings. The highest BCUT2D eigenvalue weighted by Crippen LogP contribution is 2.31. The van der Waals surface area contributed by atoms with Gasteiger partial charge in [-0.15, -0.1) is 11.6 Å². The van der Waals surface area contributed by atoms with Crippen molar-refractivity contribution in [3.63, 3.8) is 0 Å². The van der Waals surface area contributed by atoms with Crippen LogP contribution in [0.5, 0.6) is 11.5 Å². The molecule has 0 atom stereocenters. The third-order valence-corrected chi connectivity index (χ3v) is 3.60. The molecule has 0 saturated carbocycles. The van der Waals surface area contributed by atoms with Crippen LogP contribution in [0.3, 0.4) is 0 Å². The third-order valence-electron chi connectivity index (χ3n) is 3.35. The van der Waals surface area contributed by atoms with Gasteiger partial charge in [0.15, 0.2) is 0 Å². The van der Waals surface area contributed by atoms with Gasteiger partial charge in [0.1, 0.15) is 17.4 Å². The van der Waals surface area contributed by atoms with Crippen molar-refractivity contribution in [1.82, 2.24) is 0 Å². The summed E-state index contributed by atoms with van der Waals surface area (Å²) in [5, 5.41) is 2.69. The summed E-state index contributed by atoms with van der Waals surface area (Å²) in [5.41, 5.74) is 4.12. The molecule has 110 valence electrons. The minimum Gasteiger partial charge on any atom is -0.457 e. The zero-order chi connectivity index (χ0) is 15.4. The molecule has 0 saturated heterocycles. The lowest BCUT2D eigenvalue weighted by Crippen LogP contribution is -2.12. The maximum Gasteiger partial charge on any atom is 0.239 e. The van der Waals surface area contributed by atoms with Crippen LogP contribution in [0, 0.1) is 20.8 Å². The Bertz CT molecular complexity index is 651. The van der Waals surface area contributed by atoms with Gasteiger partial charge in [-0.1, -0.05) is 12.1 Å². The summed E-state index contributed by atoms with van der Waals surface area (Å²) < 4.78 is 5.97. The molecular weight excluding hydrogens is 286 g/mol. The maximum absolute atomic E-state index is 11.2. The highest BCUT2D eigenvalue weighted by atomic mass is 35.5. The smallest absolute Gasteiger partial charge is 0.239 e. The number of nitrogens with one attached hydrogen (secondary N) is 1. The first kappa shape index (κ1) is 15.4. The third kappa shape index (κ3) is 3.76. The van der Waals surface area contributed by atoms with E-state index in [1.54, 1.807) is 12.1 Å². The van der Waals surface area contributed by atoms with E-state index in [0.29, 0.717) is 5.69 Å². The van der Waals surface area contributed by atoms with Crippen LogP contribution >= 0.6 is 11.6 Å². The number of halogens is 1. The average molecular weight is 304 g/mol. The molecule has 0 radical (unpaired) electrons. The SMILES string of the molecule is Cc1ccc(C)c(Oc2ccc(NC(=O)CCl)cc2)c1C. The number of rotatable bonds is 4. The van der Waals surface area contributed by atoms with E-state index in [0.717, 1.165) is 22.6 Å². The van der Waals surface area contributed by atoms with Crippen molar-refractivity contribution in [2.75, 3.05) is 11.2 Å². The normalized spacial score (nSPS) is 10.3. The van der Waals surface area contributed by atoms with Crippen LogP contribution < -0.4 is 10.1 Å². The molecule has 0 aromatic heterocycles. The molecule has 0 unspecified atom stereocenters. The van der Waals surface area contributed by atoms with Crippen molar-refractivity contribution < 1.29 is 9.53 Å². The summed E-state index contributed by atoms with van der Waals surface area (Å²) >= 11 is 5.45. The molecule has 1 N–H and O–H groups in total. The number of alkyl halides is 1. The number of aryl methyl sites for hydroxylation is 2. The van der Waals surface area contributed by atoms with E-state index in [1.165, 1.54) is 5.56 Å². The number of hydrogen-bond acceptors (Lipinski definition) is 2. The van der Waals surface area contributed by atoms with Gasteiger partial charge in [0, 0.05) is 5.69 Å². The lowest BCUT2D eigenvalue weighted by molar-refractivity contribution is -0.113. The molecule has 0 heterocycles. The Balaban J connectivity index is 2.18. The van der Waals surface area contributed by atoms with Gasteiger partial charge in [0.2, 0.25) is 5.91 Å². The second-order valence-electron chi connectivity index (χ2n) is 4.96. The molecular formula is C17H18ClNO2. The van der Waals surface area contributed by atoms with Gasteiger partial charge in [0.05, 0.1) is 0 Å². The van der Waals surface area contributed by atoms with Gasteiger partial charge in [-0.05, 0) is 61.7 Å². The summed E-state index contributed by atoms with van der Waals surface area (Å²) in [4.78, 5) is 11.2. The Labute approximate surface area is 129 Å². The Morgan fingerprint density at radius 3 is 2.29 bits per heavy atom. The molecule has 0 spiro atoms. The van der Waals surface area contributed by atoms with Crippen LogP contribution in [-0.4, -0.2) is 11.8 Å². The van der Waals surface area contributed by atoms with Gasteiger partial charge in [-0.25, -0.2) is 0 Å². The fourth-order valence-electron chi connectivity index (χ4n) is 2.00. The van der Waals surface area contributed by atoms with Crippen molar-refractivity contribution in [2.45, 2.75) is 20.8 Å². The van der Waals surface area contributed by atoms with Crippen LogP contribution in [0.15, 0.2) is 36.4 Å². The fraction of sp³-hybridized carbons (Fsp3) is 0.235. The van der Waals surface area contributed by atoms with Crippen molar-refractivity contribution in [2.24, 2.45) is 0 Å². The molecule has 2 aromatic carbocycles. The molecule has 0 aliphatic heterocycles. The van der Waals surface area contributed by atoms with Crippen LogP contribution in [0.4, 0.5) is 5.69 Å². The van der Waals surface area contributed by atoms with E-state index in [4.69, 9.17) is 16.3 Å². The molecule has 3 nitrogen and oxygen atoms in total. The number of ether oxygens (including phenoxy) is 1. The Kier molecular flexibility index (Phi) is 4.86. The fourth-order valence-corrected chi connectivity index (χ4v) is 2.07. The number of benzene rings is 2. The second kappa shape index (κ2) is 6.64. The van der Waals surface area contributed by atoms with Gasteiger partial charge < -0.3 is 10.1 Å². The topological polar surface area (TPSA) is 38.3 Å². The lowest BCUT2D eigenvalue weighted by Gasteiger charge is -2.14. The molecule has 1 amide bonds. The summed E-state index contributed by atoms with van der Waals surface area (Å²) in [7, 11) is 0. The first-order chi connectivity index (χ1) is 10.0. The molecule has 21 heavy (non-hydrogen) atoms. The number of anilines is 1. The number of amides is 1. The quantitative estimate of drug-likeness (QED) is 0.839. The van der Waals surface area contributed by atoms with Crippen molar-refractivity contribution >= 4 is 23.2 Å². The van der Waals surface area contributed by atoms with Gasteiger partial charge in [-0.2, -0.15) is 0 Å². The molecule has 0 aliphatic rings. The van der Waals surface area contributed by atoms with Gasteiger partial charge >= 0.3 is 0 Å². The van der Waals surface area contributed by atoms with E-state index < -0.39 is 0 Å². The highest BCUT2D eigenvalue weighted by molar-refractivity contribution is 6.29. The van der Waals surface area contributed by atoms with Gasteiger partial charge in [-0.3, -0.25) is 4.79 Å². The molecule has 0 fully saturated rings.